The Morgan fingerprint density at radius 3 is 2.58 bits per heavy atom. The molecule has 1 N–H and O–H groups in total. The number of rotatable bonds is 10. The Hall–Kier alpha value is -0.610. The third-order valence-corrected chi connectivity index (χ3v) is 3.28. The van der Waals surface area contributed by atoms with Gasteiger partial charge in [0.05, 0.1) is 6.61 Å². The monoisotopic (exact) mass is 285 g/mol. The van der Waals surface area contributed by atoms with E-state index in [0.717, 1.165) is 44.4 Å². The van der Waals surface area contributed by atoms with Crippen LogP contribution in [0.4, 0.5) is 0 Å². The van der Waals surface area contributed by atoms with Gasteiger partial charge in [0.2, 0.25) is 0 Å². The summed E-state index contributed by atoms with van der Waals surface area (Å²) in [6, 6.07) is 8.08. The molecule has 1 rings (SSSR count). The van der Waals surface area contributed by atoms with Crippen molar-refractivity contribution >= 4 is 11.6 Å². The fourth-order valence-corrected chi connectivity index (χ4v) is 2.07. The standard InChI is InChI=1S/C15H24ClNO2/c1-3-19-10-8-14(12-17-9-11-18-2)13-4-6-15(16)7-5-13/h4-7,14,17H,3,8-12H2,1-2H3. The van der Waals surface area contributed by atoms with Crippen LogP contribution in [-0.4, -0.2) is 40.0 Å². The molecule has 0 heterocycles. The van der Waals surface area contributed by atoms with E-state index in [-0.39, 0.29) is 0 Å². The van der Waals surface area contributed by atoms with E-state index < -0.39 is 0 Å². The molecule has 0 saturated heterocycles. The lowest BCUT2D eigenvalue weighted by Gasteiger charge is -2.18. The van der Waals surface area contributed by atoms with Crippen LogP contribution in [0.25, 0.3) is 0 Å². The van der Waals surface area contributed by atoms with Crippen molar-refractivity contribution in [1.29, 1.82) is 0 Å². The number of hydrogen-bond donors (Lipinski definition) is 1. The Labute approximate surface area is 121 Å². The quantitative estimate of drug-likeness (QED) is 0.670. The van der Waals surface area contributed by atoms with E-state index in [1.807, 2.05) is 19.1 Å². The summed E-state index contributed by atoms with van der Waals surface area (Å²) < 4.78 is 10.5. The molecule has 3 nitrogen and oxygen atoms in total. The van der Waals surface area contributed by atoms with Gasteiger partial charge in [0.15, 0.2) is 0 Å². The maximum absolute atomic E-state index is 5.93. The van der Waals surface area contributed by atoms with E-state index in [4.69, 9.17) is 21.1 Å². The number of ether oxygens (including phenoxy) is 2. The molecule has 4 heteroatoms. The third kappa shape index (κ3) is 6.92. The second-order valence-electron chi connectivity index (χ2n) is 4.43. The SMILES string of the molecule is CCOCCC(CNCCOC)c1ccc(Cl)cc1. The van der Waals surface area contributed by atoms with Gasteiger partial charge in [-0.25, -0.2) is 0 Å². The molecule has 0 spiro atoms. The zero-order valence-corrected chi connectivity index (χ0v) is 12.6. The maximum atomic E-state index is 5.93. The highest BCUT2D eigenvalue weighted by Gasteiger charge is 2.11. The molecule has 0 bridgehead atoms. The molecule has 0 radical (unpaired) electrons. The van der Waals surface area contributed by atoms with Gasteiger partial charge in [0.25, 0.3) is 0 Å². The number of hydrogen-bond acceptors (Lipinski definition) is 3. The van der Waals surface area contributed by atoms with Crippen LogP contribution in [0.1, 0.15) is 24.8 Å². The van der Waals surface area contributed by atoms with E-state index in [2.05, 4.69) is 17.4 Å². The highest BCUT2D eigenvalue weighted by atomic mass is 35.5. The van der Waals surface area contributed by atoms with Crippen molar-refractivity contribution < 1.29 is 9.47 Å². The van der Waals surface area contributed by atoms with E-state index >= 15 is 0 Å². The molecule has 0 fully saturated rings. The van der Waals surface area contributed by atoms with E-state index in [1.54, 1.807) is 7.11 Å². The second-order valence-corrected chi connectivity index (χ2v) is 4.87. The fraction of sp³-hybridized carbons (Fsp3) is 0.600. The molecule has 1 unspecified atom stereocenters. The van der Waals surface area contributed by atoms with Crippen molar-refractivity contribution in [3.8, 4) is 0 Å². The molecule has 1 aromatic carbocycles. The van der Waals surface area contributed by atoms with Crippen molar-refractivity contribution in [2.45, 2.75) is 19.3 Å². The summed E-state index contributed by atoms with van der Waals surface area (Å²) in [5.41, 5.74) is 1.30. The number of benzene rings is 1. The van der Waals surface area contributed by atoms with Crippen molar-refractivity contribution in [1.82, 2.24) is 5.32 Å². The summed E-state index contributed by atoms with van der Waals surface area (Å²) in [5.74, 6) is 0.445. The van der Waals surface area contributed by atoms with Gasteiger partial charge < -0.3 is 14.8 Å². The van der Waals surface area contributed by atoms with Crippen molar-refractivity contribution in [2.75, 3.05) is 40.0 Å². The van der Waals surface area contributed by atoms with Crippen LogP contribution in [0, 0.1) is 0 Å². The zero-order valence-electron chi connectivity index (χ0n) is 11.8. The summed E-state index contributed by atoms with van der Waals surface area (Å²) in [4.78, 5) is 0. The van der Waals surface area contributed by atoms with Crippen molar-refractivity contribution in [2.24, 2.45) is 0 Å². The molecular weight excluding hydrogens is 262 g/mol. The minimum atomic E-state index is 0.445. The number of methoxy groups -OCH3 is 1. The topological polar surface area (TPSA) is 30.5 Å². The zero-order chi connectivity index (χ0) is 13.9. The van der Waals surface area contributed by atoms with E-state index in [1.165, 1.54) is 5.56 Å². The Balaban J connectivity index is 2.49. The molecule has 0 aliphatic rings. The van der Waals surface area contributed by atoms with Gasteiger partial charge in [0.1, 0.15) is 0 Å². The molecule has 0 aliphatic carbocycles. The molecule has 0 aromatic heterocycles. The molecule has 0 aliphatic heterocycles. The average Bonchev–Trinajstić information content (AvgIpc) is 2.43. The summed E-state index contributed by atoms with van der Waals surface area (Å²) in [7, 11) is 1.72. The Morgan fingerprint density at radius 1 is 1.21 bits per heavy atom. The average molecular weight is 286 g/mol. The highest BCUT2D eigenvalue weighted by molar-refractivity contribution is 6.30. The van der Waals surface area contributed by atoms with E-state index in [0.29, 0.717) is 5.92 Å². The predicted molar refractivity (Wildman–Crippen MR) is 80.0 cm³/mol. The van der Waals surface area contributed by atoms with Crippen molar-refractivity contribution in [3.63, 3.8) is 0 Å². The lowest BCUT2D eigenvalue weighted by atomic mass is 9.96. The lowest BCUT2D eigenvalue weighted by Crippen LogP contribution is -2.25. The van der Waals surface area contributed by atoms with Crippen molar-refractivity contribution in [3.05, 3.63) is 34.9 Å². The number of halogens is 1. The van der Waals surface area contributed by atoms with Gasteiger partial charge in [-0.1, -0.05) is 23.7 Å². The molecular formula is C15H24ClNO2. The summed E-state index contributed by atoms with van der Waals surface area (Å²) >= 11 is 5.93. The van der Waals surface area contributed by atoms with Crippen LogP contribution in [0.2, 0.25) is 5.02 Å². The van der Waals surface area contributed by atoms with Crippen LogP contribution in [-0.2, 0) is 9.47 Å². The predicted octanol–water partition coefficient (Wildman–Crippen LogP) is 3.09. The molecule has 1 aromatic rings. The summed E-state index contributed by atoms with van der Waals surface area (Å²) in [6.45, 7) is 6.11. The summed E-state index contributed by atoms with van der Waals surface area (Å²) in [5, 5.41) is 4.19. The van der Waals surface area contributed by atoms with Gasteiger partial charge in [-0.05, 0) is 37.0 Å². The smallest absolute Gasteiger partial charge is 0.0587 e. The normalized spacial score (nSPS) is 12.6. The van der Waals surface area contributed by atoms with Gasteiger partial charge in [-0.2, -0.15) is 0 Å². The van der Waals surface area contributed by atoms with Gasteiger partial charge in [-0.15, -0.1) is 0 Å². The lowest BCUT2D eigenvalue weighted by molar-refractivity contribution is 0.138. The maximum Gasteiger partial charge on any atom is 0.0587 e. The Kier molecular flexibility index (Phi) is 8.84. The van der Waals surface area contributed by atoms with Crippen LogP contribution < -0.4 is 5.32 Å². The first kappa shape index (κ1) is 16.4. The molecule has 0 amide bonds. The first-order chi connectivity index (χ1) is 9.27. The Bertz CT molecular complexity index is 329. The highest BCUT2D eigenvalue weighted by Crippen LogP contribution is 2.21. The molecule has 1 atom stereocenters. The fourth-order valence-electron chi connectivity index (χ4n) is 1.94. The molecule has 108 valence electrons. The second kappa shape index (κ2) is 10.2. The van der Waals surface area contributed by atoms with Crippen LogP contribution in [0.3, 0.4) is 0 Å². The van der Waals surface area contributed by atoms with Gasteiger partial charge in [0, 0.05) is 38.4 Å². The van der Waals surface area contributed by atoms with Crippen LogP contribution in [0.15, 0.2) is 24.3 Å². The third-order valence-electron chi connectivity index (χ3n) is 3.03. The largest absolute Gasteiger partial charge is 0.383 e. The van der Waals surface area contributed by atoms with E-state index in [9.17, 15) is 0 Å². The first-order valence-electron chi connectivity index (χ1n) is 6.80. The van der Waals surface area contributed by atoms with Gasteiger partial charge in [-0.3, -0.25) is 0 Å². The number of nitrogens with one attached hydrogen (secondary N) is 1. The minimum absolute atomic E-state index is 0.445. The minimum Gasteiger partial charge on any atom is -0.383 e. The Morgan fingerprint density at radius 2 is 1.95 bits per heavy atom. The molecule has 19 heavy (non-hydrogen) atoms. The summed E-state index contributed by atoms with van der Waals surface area (Å²) in [6.07, 6.45) is 1.01. The van der Waals surface area contributed by atoms with Crippen LogP contribution >= 0.6 is 11.6 Å². The molecule has 0 saturated carbocycles. The first-order valence-corrected chi connectivity index (χ1v) is 7.18. The van der Waals surface area contributed by atoms with Crippen LogP contribution in [0.5, 0.6) is 0 Å². The van der Waals surface area contributed by atoms with Gasteiger partial charge >= 0.3 is 0 Å².